The monoisotopic (exact) mass is 233 g/mol. The second kappa shape index (κ2) is 9.08. The minimum absolute atomic E-state index is 0.214. The van der Waals surface area contributed by atoms with Gasteiger partial charge in [0.15, 0.2) is 0 Å². The van der Waals surface area contributed by atoms with E-state index in [0.717, 1.165) is 25.7 Å². The second-order valence-corrected chi connectivity index (χ2v) is 3.70. The minimum atomic E-state index is -0.851. The molecule has 0 rings (SSSR count). The number of rotatable bonds is 9. The highest BCUT2D eigenvalue weighted by Crippen LogP contribution is 2.08. The number of esters is 1. The summed E-state index contributed by atoms with van der Waals surface area (Å²) in [5, 5.41) is 19.2. The average Bonchev–Trinajstić information content (AvgIpc) is 2.21. The van der Waals surface area contributed by atoms with E-state index in [1.807, 2.05) is 0 Å². The Kier molecular flexibility index (Phi) is 8.42. The van der Waals surface area contributed by atoms with E-state index >= 15 is 0 Å². The van der Waals surface area contributed by atoms with Crippen LogP contribution in [0.25, 0.3) is 0 Å². The number of methoxy groups -OCH3 is 1. The zero-order valence-corrected chi connectivity index (χ0v) is 9.55. The molecule has 0 aliphatic carbocycles. The number of ether oxygens (including phenoxy) is 1. The first kappa shape index (κ1) is 14.8. The van der Waals surface area contributed by atoms with Crippen molar-refractivity contribution < 1.29 is 19.6 Å². The Bertz CT molecular complexity index is 219. The molecule has 94 valence electrons. The zero-order valence-electron chi connectivity index (χ0n) is 9.55. The summed E-state index contributed by atoms with van der Waals surface area (Å²) in [6, 6.07) is 0. The van der Waals surface area contributed by atoms with Crippen molar-refractivity contribution in [2.45, 2.75) is 44.6 Å². The van der Waals surface area contributed by atoms with E-state index in [2.05, 4.69) is 4.74 Å². The van der Waals surface area contributed by atoms with Crippen LogP contribution in [0.2, 0.25) is 0 Å². The summed E-state index contributed by atoms with van der Waals surface area (Å²) in [5.74, 6) is -0.214. The van der Waals surface area contributed by atoms with Crippen molar-refractivity contribution in [3.8, 4) is 0 Å². The normalized spacial score (nSPS) is 12.1. The maximum absolute atomic E-state index is 10.7. The van der Waals surface area contributed by atoms with E-state index in [1.165, 1.54) is 7.11 Å². The third kappa shape index (κ3) is 9.39. The molecule has 0 aromatic heterocycles. The highest BCUT2D eigenvalue weighted by Gasteiger charge is 2.10. The summed E-state index contributed by atoms with van der Waals surface area (Å²) in [4.78, 5) is 20.3. The van der Waals surface area contributed by atoms with Gasteiger partial charge >= 0.3 is 5.97 Å². The van der Waals surface area contributed by atoms with Gasteiger partial charge < -0.3 is 9.84 Å². The van der Waals surface area contributed by atoms with Gasteiger partial charge in [0.2, 0.25) is 6.54 Å². The molecule has 0 unspecified atom stereocenters. The van der Waals surface area contributed by atoms with Gasteiger partial charge in [0.05, 0.1) is 7.11 Å². The molecule has 6 nitrogen and oxygen atoms in total. The maximum atomic E-state index is 10.7. The van der Waals surface area contributed by atoms with Crippen LogP contribution < -0.4 is 0 Å². The van der Waals surface area contributed by atoms with E-state index in [-0.39, 0.29) is 12.5 Å². The van der Waals surface area contributed by atoms with Crippen LogP contribution in [0, 0.1) is 10.1 Å². The molecular weight excluding hydrogens is 214 g/mol. The van der Waals surface area contributed by atoms with Crippen molar-refractivity contribution in [3.05, 3.63) is 10.1 Å². The fourth-order valence-electron chi connectivity index (χ4n) is 1.37. The number of carbonyl (C=O) groups is 1. The third-order valence-electron chi connectivity index (χ3n) is 2.26. The van der Waals surface area contributed by atoms with Crippen LogP contribution in [-0.2, 0) is 9.53 Å². The van der Waals surface area contributed by atoms with Crippen LogP contribution in [0.4, 0.5) is 0 Å². The van der Waals surface area contributed by atoms with Crippen molar-refractivity contribution in [1.29, 1.82) is 0 Å². The van der Waals surface area contributed by atoms with Crippen molar-refractivity contribution in [2.24, 2.45) is 0 Å². The molecule has 0 saturated carbocycles. The molecule has 0 aliphatic heterocycles. The van der Waals surface area contributed by atoms with Crippen LogP contribution in [0.3, 0.4) is 0 Å². The highest BCUT2D eigenvalue weighted by atomic mass is 16.6. The lowest BCUT2D eigenvalue weighted by Gasteiger charge is -2.05. The molecule has 0 fully saturated rings. The highest BCUT2D eigenvalue weighted by molar-refractivity contribution is 5.68. The smallest absolute Gasteiger partial charge is 0.305 e. The summed E-state index contributed by atoms with van der Waals surface area (Å²) < 4.78 is 4.48. The molecular formula is C10H19NO5. The number of nitro groups is 1. The Morgan fingerprint density at radius 3 is 2.56 bits per heavy atom. The summed E-state index contributed by atoms with van der Waals surface area (Å²) >= 11 is 0. The first-order valence-corrected chi connectivity index (χ1v) is 5.43. The lowest BCUT2D eigenvalue weighted by molar-refractivity contribution is -0.490. The number of hydrogen-bond donors (Lipinski definition) is 1. The van der Waals surface area contributed by atoms with Gasteiger partial charge in [-0.15, -0.1) is 0 Å². The van der Waals surface area contributed by atoms with E-state index in [1.54, 1.807) is 0 Å². The standard InChI is InChI=1S/C10H19NO5/c1-16-10(13)7-5-3-2-4-6-9(12)8-11(14)15/h9,12H,2-8H2,1H3/t9-/m1/s1. The molecule has 1 atom stereocenters. The number of aliphatic hydroxyl groups excluding tert-OH is 1. The van der Waals surface area contributed by atoms with Crippen LogP contribution in [0.5, 0.6) is 0 Å². The molecule has 0 aliphatic rings. The second-order valence-electron chi connectivity index (χ2n) is 3.70. The van der Waals surface area contributed by atoms with Crippen molar-refractivity contribution in [3.63, 3.8) is 0 Å². The molecule has 1 N–H and O–H groups in total. The van der Waals surface area contributed by atoms with Crippen molar-refractivity contribution in [1.82, 2.24) is 0 Å². The molecule has 0 heterocycles. The molecule has 0 saturated heterocycles. The maximum Gasteiger partial charge on any atom is 0.305 e. The van der Waals surface area contributed by atoms with Crippen molar-refractivity contribution in [2.75, 3.05) is 13.7 Å². The van der Waals surface area contributed by atoms with Gasteiger partial charge in [-0.25, -0.2) is 0 Å². The van der Waals surface area contributed by atoms with Gasteiger partial charge in [0, 0.05) is 11.3 Å². The number of hydrogen-bond acceptors (Lipinski definition) is 5. The van der Waals surface area contributed by atoms with Gasteiger partial charge in [-0.2, -0.15) is 0 Å². The molecule has 6 heteroatoms. The Labute approximate surface area is 94.7 Å². The molecule has 0 spiro atoms. The Morgan fingerprint density at radius 1 is 1.38 bits per heavy atom. The van der Waals surface area contributed by atoms with E-state index in [0.29, 0.717) is 12.8 Å². The first-order valence-electron chi connectivity index (χ1n) is 5.43. The van der Waals surface area contributed by atoms with Gasteiger partial charge in [0.25, 0.3) is 0 Å². The molecule has 0 radical (unpaired) electrons. The minimum Gasteiger partial charge on any atom is -0.469 e. The largest absolute Gasteiger partial charge is 0.469 e. The summed E-state index contributed by atoms with van der Waals surface area (Å²) in [7, 11) is 1.36. The van der Waals surface area contributed by atoms with Crippen LogP contribution in [-0.4, -0.2) is 35.8 Å². The molecule has 0 bridgehead atoms. The average molecular weight is 233 g/mol. The summed E-state index contributed by atoms with van der Waals surface area (Å²) in [5.41, 5.74) is 0. The number of aliphatic hydroxyl groups is 1. The Morgan fingerprint density at radius 2 is 2.00 bits per heavy atom. The van der Waals surface area contributed by atoms with E-state index < -0.39 is 11.0 Å². The van der Waals surface area contributed by atoms with Gasteiger partial charge in [-0.1, -0.05) is 19.3 Å². The predicted molar refractivity (Wildman–Crippen MR) is 57.6 cm³/mol. The Hall–Kier alpha value is -1.17. The van der Waals surface area contributed by atoms with Crippen LogP contribution >= 0.6 is 0 Å². The van der Waals surface area contributed by atoms with Crippen molar-refractivity contribution >= 4 is 5.97 Å². The molecule has 16 heavy (non-hydrogen) atoms. The third-order valence-corrected chi connectivity index (χ3v) is 2.26. The fraction of sp³-hybridized carbons (Fsp3) is 0.900. The topological polar surface area (TPSA) is 89.7 Å². The molecule has 0 aromatic rings. The number of carbonyl (C=O) groups excluding carboxylic acids is 1. The first-order chi connectivity index (χ1) is 7.56. The molecule has 0 amide bonds. The van der Waals surface area contributed by atoms with Crippen LogP contribution in [0.15, 0.2) is 0 Å². The van der Waals surface area contributed by atoms with E-state index in [9.17, 15) is 20.0 Å². The van der Waals surface area contributed by atoms with Gasteiger partial charge in [-0.3, -0.25) is 14.9 Å². The fourth-order valence-corrected chi connectivity index (χ4v) is 1.37. The quantitative estimate of drug-likeness (QED) is 0.279. The number of unbranched alkanes of at least 4 members (excludes halogenated alkanes) is 3. The lowest BCUT2D eigenvalue weighted by Crippen LogP contribution is -2.19. The summed E-state index contributed by atoms with van der Waals surface area (Å²) in [6.07, 6.45) is 3.25. The SMILES string of the molecule is COC(=O)CCCCCC[C@@H](O)C[N+](=O)[O-]. The van der Waals surface area contributed by atoms with Gasteiger partial charge in [-0.05, 0) is 12.8 Å². The predicted octanol–water partition coefficient (Wildman–Crippen LogP) is 1.14. The molecule has 0 aromatic carbocycles. The lowest BCUT2D eigenvalue weighted by atomic mass is 10.1. The zero-order chi connectivity index (χ0) is 12.4. The number of nitrogens with zero attached hydrogens (tertiary/aromatic N) is 1. The van der Waals surface area contributed by atoms with Gasteiger partial charge in [0.1, 0.15) is 6.10 Å². The Balaban J connectivity index is 3.26. The summed E-state index contributed by atoms with van der Waals surface area (Å²) in [6.45, 7) is -0.387. The van der Waals surface area contributed by atoms with E-state index in [4.69, 9.17) is 0 Å². The van der Waals surface area contributed by atoms with Crippen LogP contribution in [0.1, 0.15) is 38.5 Å².